The molecule has 0 bridgehead atoms. The van der Waals surface area contributed by atoms with E-state index in [0.717, 1.165) is 25.2 Å². The topological polar surface area (TPSA) is 9.23 Å². The lowest BCUT2D eigenvalue weighted by atomic mass is 10.1. The zero-order chi connectivity index (χ0) is 12.0. The van der Waals surface area contributed by atoms with E-state index in [2.05, 4.69) is 32.9 Å². The molecule has 0 radical (unpaired) electrons. The summed E-state index contributed by atoms with van der Waals surface area (Å²) in [5.74, 6) is 1.51. The Morgan fingerprint density at radius 1 is 1.19 bits per heavy atom. The minimum atomic E-state index is 0.238. The standard InChI is InChI=1S/C14H21ClO/c1-4-13(15)9-12-5-7-14(8-6-12)16-10-11(2)3/h5-8,11,13H,4,9-10H2,1-3H3. The van der Waals surface area contributed by atoms with Crippen LogP contribution in [-0.4, -0.2) is 12.0 Å². The molecule has 0 aliphatic rings. The minimum absolute atomic E-state index is 0.238. The van der Waals surface area contributed by atoms with E-state index in [1.807, 2.05) is 12.1 Å². The summed E-state index contributed by atoms with van der Waals surface area (Å²) >= 11 is 6.11. The molecule has 1 atom stereocenters. The summed E-state index contributed by atoms with van der Waals surface area (Å²) in [5, 5.41) is 0.238. The summed E-state index contributed by atoms with van der Waals surface area (Å²) in [4.78, 5) is 0. The zero-order valence-corrected chi connectivity index (χ0v) is 11.1. The van der Waals surface area contributed by atoms with Gasteiger partial charge in [0.1, 0.15) is 5.75 Å². The summed E-state index contributed by atoms with van der Waals surface area (Å²) in [6, 6.07) is 8.25. The van der Waals surface area contributed by atoms with Crippen LogP contribution in [0.4, 0.5) is 0 Å². The molecule has 0 heterocycles. The van der Waals surface area contributed by atoms with E-state index in [1.165, 1.54) is 5.56 Å². The highest BCUT2D eigenvalue weighted by molar-refractivity contribution is 6.20. The van der Waals surface area contributed by atoms with Gasteiger partial charge in [0.05, 0.1) is 6.61 Å². The van der Waals surface area contributed by atoms with Gasteiger partial charge in [0.25, 0.3) is 0 Å². The Balaban J connectivity index is 2.47. The van der Waals surface area contributed by atoms with Crippen molar-refractivity contribution in [2.45, 2.75) is 39.0 Å². The third-order valence-corrected chi connectivity index (χ3v) is 2.87. The van der Waals surface area contributed by atoms with E-state index < -0.39 is 0 Å². The molecule has 0 aromatic heterocycles. The van der Waals surface area contributed by atoms with Crippen molar-refractivity contribution in [1.29, 1.82) is 0 Å². The molecule has 1 rings (SSSR count). The molecule has 1 unspecified atom stereocenters. The van der Waals surface area contributed by atoms with E-state index in [9.17, 15) is 0 Å². The lowest BCUT2D eigenvalue weighted by Crippen LogP contribution is -2.05. The van der Waals surface area contributed by atoms with E-state index >= 15 is 0 Å². The van der Waals surface area contributed by atoms with Crippen molar-refractivity contribution in [3.05, 3.63) is 29.8 Å². The molecule has 1 aromatic rings. The maximum atomic E-state index is 6.11. The first-order valence-electron chi connectivity index (χ1n) is 5.97. The molecular weight excluding hydrogens is 220 g/mol. The molecule has 0 amide bonds. The largest absolute Gasteiger partial charge is 0.493 e. The number of alkyl halides is 1. The average molecular weight is 241 g/mol. The van der Waals surface area contributed by atoms with Gasteiger partial charge in [-0.25, -0.2) is 0 Å². The van der Waals surface area contributed by atoms with Crippen molar-refractivity contribution < 1.29 is 4.74 Å². The van der Waals surface area contributed by atoms with Crippen molar-refractivity contribution in [3.63, 3.8) is 0 Å². The van der Waals surface area contributed by atoms with Crippen molar-refractivity contribution >= 4 is 11.6 Å². The summed E-state index contributed by atoms with van der Waals surface area (Å²) in [5.41, 5.74) is 1.28. The second kappa shape index (κ2) is 6.80. The van der Waals surface area contributed by atoms with Crippen LogP contribution < -0.4 is 4.74 Å². The summed E-state index contributed by atoms with van der Waals surface area (Å²) < 4.78 is 5.62. The van der Waals surface area contributed by atoms with Crippen LogP contribution in [-0.2, 0) is 6.42 Å². The van der Waals surface area contributed by atoms with Crippen LogP contribution >= 0.6 is 11.6 Å². The van der Waals surface area contributed by atoms with Crippen LogP contribution in [0.25, 0.3) is 0 Å². The molecule has 0 saturated heterocycles. The molecule has 0 fully saturated rings. The summed E-state index contributed by atoms with van der Waals surface area (Å²) in [6.07, 6.45) is 1.94. The van der Waals surface area contributed by atoms with E-state index in [-0.39, 0.29) is 5.38 Å². The van der Waals surface area contributed by atoms with Crippen LogP contribution in [0.1, 0.15) is 32.8 Å². The highest BCUT2D eigenvalue weighted by atomic mass is 35.5. The first-order valence-corrected chi connectivity index (χ1v) is 6.41. The van der Waals surface area contributed by atoms with Gasteiger partial charge in [-0.2, -0.15) is 0 Å². The van der Waals surface area contributed by atoms with E-state index in [1.54, 1.807) is 0 Å². The maximum Gasteiger partial charge on any atom is 0.119 e. The molecule has 16 heavy (non-hydrogen) atoms. The highest BCUT2D eigenvalue weighted by Crippen LogP contribution is 2.16. The number of halogens is 1. The average Bonchev–Trinajstić information content (AvgIpc) is 2.28. The Hall–Kier alpha value is -0.690. The van der Waals surface area contributed by atoms with E-state index in [4.69, 9.17) is 16.3 Å². The van der Waals surface area contributed by atoms with Gasteiger partial charge in [-0.15, -0.1) is 11.6 Å². The fourth-order valence-electron chi connectivity index (χ4n) is 1.38. The van der Waals surface area contributed by atoms with Crippen LogP contribution in [0.15, 0.2) is 24.3 Å². The second-order valence-electron chi connectivity index (χ2n) is 4.56. The lowest BCUT2D eigenvalue weighted by molar-refractivity contribution is 0.271. The number of benzene rings is 1. The van der Waals surface area contributed by atoms with Gasteiger partial charge < -0.3 is 4.74 Å². The van der Waals surface area contributed by atoms with Crippen LogP contribution in [0.5, 0.6) is 5.75 Å². The Kier molecular flexibility index (Phi) is 5.68. The molecule has 0 aliphatic carbocycles. The van der Waals surface area contributed by atoms with Gasteiger partial charge in [-0.1, -0.05) is 32.9 Å². The first kappa shape index (κ1) is 13.4. The predicted octanol–water partition coefficient (Wildman–Crippen LogP) is 4.28. The molecule has 1 nitrogen and oxygen atoms in total. The number of ether oxygens (including phenoxy) is 1. The fourth-order valence-corrected chi connectivity index (χ4v) is 1.56. The molecule has 0 aliphatic heterocycles. The van der Waals surface area contributed by atoms with Gasteiger partial charge in [0.2, 0.25) is 0 Å². The normalized spacial score (nSPS) is 12.8. The van der Waals surface area contributed by atoms with Gasteiger partial charge in [-0.05, 0) is 36.5 Å². The number of hydrogen-bond donors (Lipinski definition) is 0. The third-order valence-electron chi connectivity index (χ3n) is 2.41. The SMILES string of the molecule is CCC(Cl)Cc1ccc(OCC(C)C)cc1. The number of hydrogen-bond acceptors (Lipinski definition) is 1. The Labute approximate surface area is 104 Å². The smallest absolute Gasteiger partial charge is 0.119 e. The monoisotopic (exact) mass is 240 g/mol. The van der Waals surface area contributed by atoms with Gasteiger partial charge in [-0.3, -0.25) is 0 Å². The highest BCUT2D eigenvalue weighted by Gasteiger charge is 2.03. The van der Waals surface area contributed by atoms with Crippen molar-refractivity contribution in [2.75, 3.05) is 6.61 Å². The zero-order valence-electron chi connectivity index (χ0n) is 10.4. The number of rotatable bonds is 6. The van der Waals surface area contributed by atoms with Crippen LogP contribution in [0, 0.1) is 5.92 Å². The fraction of sp³-hybridized carbons (Fsp3) is 0.571. The van der Waals surface area contributed by atoms with Crippen molar-refractivity contribution in [1.82, 2.24) is 0 Å². The van der Waals surface area contributed by atoms with Crippen molar-refractivity contribution in [2.24, 2.45) is 5.92 Å². The lowest BCUT2D eigenvalue weighted by Gasteiger charge is -2.10. The van der Waals surface area contributed by atoms with E-state index in [0.29, 0.717) is 5.92 Å². The van der Waals surface area contributed by atoms with Gasteiger partial charge >= 0.3 is 0 Å². The Bertz CT molecular complexity index is 292. The molecule has 0 saturated carbocycles. The summed E-state index contributed by atoms with van der Waals surface area (Å²) in [6.45, 7) is 7.17. The minimum Gasteiger partial charge on any atom is -0.493 e. The van der Waals surface area contributed by atoms with Crippen LogP contribution in [0.3, 0.4) is 0 Å². The maximum absolute atomic E-state index is 6.11. The second-order valence-corrected chi connectivity index (χ2v) is 5.18. The Morgan fingerprint density at radius 2 is 1.81 bits per heavy atom. The molecule has 2 heteroatoms. The summed E-state index contributed by atoms with van der Waals surface area (Å²) in [7, 11) is 0. The molecule has 0 spiro atoms. The van der Waals surface area contributed by atoms with Gasteiger partial charge in [0.15, 0.2) is 0 Å². The molecule has 1 aromatic carbocycles. The molecule has 90 valence electrons. The molecule has 0 N–H and O–H groups in total. The van der Waals surface area contributed by atoms with Crippen LogP contribution in [0.2, 0.25) is 0 Å². The third kappa shape index (κ3) is 4.89. The van der Waals surface area contributed by atoms with Gasteiger partial charge in [0, 0.05) is 5.38 Å². The Morgan fingerprint density at radius 3 is 2.31 bits per heavy atom. The first-order chi connectivity index (χ1) is 7.61. The predicted molar refractivity (Wildman–Crippen MR) is 70.4 cm³/mol. The molecular formula is C14H21ClO. The van der Waals surface area contributed by atoms with Crippen molar-refractivity contribution in [3.8, 4) is 5.75 Å². The quantitative estimate of drug-likeness (QED) is 0.675.